The standard InChI is InChI=1S/C6H12O5S/c1-4-6(2,5(7)8)11-12(3,9)10/h4H2,1-3H3,(H,7,8)/p-1. The highest BCUT2D eigenvalue weighted by molar-refractivity contribution is 7.86. The molecule has 12 heavy (non-hydrogen) atoms. The minimum atomic E-state index is -3.76. The molecule has 0 fully saturated rings. The summed E-state index contributed by atoms with van der Waals surface area (Å²) in [4.78, 5) is 10.4. The zero-order chi connectivity index (χ0) is 9.99. The van der Waals surface area contributed by atoms with Crippen LogP contribution < -0.4 is 5.11 Å². The van der Waals surface area contributed by atoms with Crippen LogP contribution in [-0.4, -0.2) is 26.2 Å². The first-order valence-corrected chi connectivity index (χ1v) is 5.15. The summed E-state index contributed by atoms with van der Waals surface area (Å²) in [7, 11) is -3.76. The molecule has 0 radical (unpaired) electrons. The Hall–Kier alpha value is -0.620. The van der Waals surface area contributed by atoms with E-state index < -0.39 is 21.7 Å². The van der Waals surface area contributed by atoms with Crippen molar-refractivity contribution in [2.45, 2.75) is 25.9 Å². The summed E-state index contributed by atoms with van der Waals surface area (Å²) in [6.45, 7) is 2.66. The first kappa shape index (κ1) is 11.4. The summed E-state index contributed by atoms with van der Waals surface area (Å²) in [5.41, 5.74) is -1.76. The third-order valence-electron chi connectivity index (χ3n) is 1.44. The van der Waals surface area contributed by atoms with Crippen molar-refractivity contribution in [1.29, 1.82) is 0 Å². The lowest BCUT2D eigenvalue weighted by atomic mass is 10.1. The lowest BCUT2D eigenvalue weighted by molar-refractivity contribution is -0.321. The lowest BCUT2D eigenvalue weighted by Gasteiger charge is -2.27. The fourth-order valence-electron chi connectivity index (χ4n) is 0.571. The van der Waals surface area contributed by atoms with Crippen LogP contribution in [0.25, 0.3) is 0 Å². The van der Waals surface area contributed by atoms with Crippen LogP contribution in [0.5, 0.6) is 0 Å². The number of carbonyl (C=O) groups is 1. The Bertz CT molecular complexity index is 268. The van der Waals surface area contributed by atoms with Crippen molar-refractivity contribution < 1.29 is 22.5 Å². The summed E-state index contributed by atoms with van der Waals surface area (Å²) in [5, 5.41) is 10.4. The van der Waals surface area contributed by atoms with Crippen molar-refractivity contribution in [3.05, 3.63) is 0 Å². The number of carbonyl (C=O) groups excluding carboxylic acids is 1. The highest BCUT2D eigenvalue weighted by Crippen LogP contribution is 2.16. The Balaban J connectivity index is 4.69. The topological polar surface area (TPSA) is 83.5 Å². The second-order valence-electron chi connectivity index (χ2n) is 2.66. The number of hydrogen-bond acceptors (Lipinski definition) is 5. The van der Waals surface area contributed by atoms with Gasteiger partial charge in [0.15, 0.2) is 0 Å². The molecule has 0 rings (SSSR count). The smallest absolute Gasteiger partial charge is 0.265 e. The van der Waals surface area contributed by atoms with Crippen LogP contribution >= 0.6 is 0 Å². The van der Waals surface area contributed by atoms with Crippen molar-refractivity contribution in [3.63, 3.8) is 0 Å². The minimum Gasteiger partial charge on any atom is -0.547 e. The van der Waals surface area contributed by atoms with Gasteiger partial charge >= 0.3 is 0 Å². The van der Waals surface area contributed by atoms with Crippen molar-refractivity contribution >= 4 is 16.1 Å². The van der Waals surface area contributed by atoms with Crippen LogP contribution in [0.1, 0.15) is 20.3 Å². The summed E-state index contributed by atoms with van der Waals surface area (Å²) < 4.78 is 25.5. The van der Waals surface area contributed by atoms with Crippen LogP contribution in [0.15, 0.2) is 0 Å². The average Bonchev–Trinajstić information content (AvgIpc) is 1.83. The highest BCUT2D eigenvalue weighted by Gasteiger charge is 2.29. The zero-order valence-corrected chi connectivity index (χ0v) is 7.97. The molecule has 1 unspecified atom stereocenters. The third kappa shape index (κ3) is 3.19. The van der Waals surface area contributed by atoms with E-state index in [1.54, 1.807) is 0 Å². The predicted molar refractivity (Wildman–Crippen MR) is 39.6 cm³/mol. The number of aliphatic carboxylic acids is 1. The molecule has 0 spiro atoms. The molecule has 0 saturated carbocycles. The van der Waals surface area contributed by atoms with Crippen molar-refractivity contribution in [2.24, 2.45) is 0 Å². The van der Waals surface area contributed by atoms with Gasteiger partial charge in [0.25, 0.3) is 10.1 Å². The fourth-order valence-corrected chi connectivity index (χ4v) is 1.43. The van der Waals surface area contributed by atoms with E-state index in [4.69, 9.17) is 0 Å². The molecule has 1 atom stereocenters. The van der Waals surface area contributed by atoms with Gasteiger partial charge < -0.3 is 9.90 Å². The number of rotatable bonds is 4. The summed E-state index contributed by atoms with van der Waals surface area (Å²) in [5.74, 6) is -1.53. The Morgan fingerprint density at radius 1 is 1.58 bits per heavy atom. The van der Waals surface area contributed by atoms with Crippen molar-refractivity contribution in [2.75, 3.05) is 6.26 Å². The van der Waals surface area contributed by atoms with Gasteiger partial charge in [-0.15, -0.1) is 0 Å². The van der Waals surface area contributed by atoms with Gasteiger partial charge in [-0.05, 0) is 13.3 Å². The first-order chi connectivity index (χ1) is 5.21. The molecule has 0 aliphatic carbocycles. The van der Waals surface area contributed by atoms with E-state index >= 15 is 0 Å². The molecule has 0 bridgehead atoms. The maximum absolute atomic E-state index is 10.6. The van der Waals surface area contributed by atoms with Crippen LogP contribution in [0.4, 0.5) is 0 Å². The van der Waals surface area contributed by atoms with Gasteiger partial charge in [0.2, 0.25) is 0 Å². The molecule has 0 heterocycles. The predicted octanol–water partition coefficient (Wildman–Crippen LogP) is -1.12. The van der Waals surface area contributed by atoms with E-state index in [2.05, 4.69) is 4.18 Å². The average molecular weight is 195 g/mol. The highest BCUT2D eigenvalue weighted by atomic mass is 32.2. The van der Waals surface area contributed by atoms with Gasteiger partial charge in [0.05, 0.1) is 12.2 Å². The number of hydrogen-bond donors (Lipinski definition) is 0. The Morgan fingerprint density at radius 2 is 2.00 bits per heavy atom. The van der Waals surface area contributed by atoms with Crippen LogP contribution in [-0.2, 0) is 19.1 Å². The lowest BCUT2D eigenvalue weighted by Crippen LogP contribution is -2.48. The number of carboxylic acids is 1. The molecule has 0 amide bonds. The van der Waals surface area contributed by atoms with Gasteiger partial charge in [0, 0.05) is 0 Å². The molecule has 0 aliphatic heterocycles. The van der Waals surface area contributed by atoms with E-state index in [1.165, 1.54) is 6.92 Å². The van der Waals surface area contributed by atoms with Crippen LogP contribution in [0, 0.1) is 0 Å². The van der Waals surface area contributed by atoms with E-state index in [9.17, 15) is 18.3 Å². The Kier molecular flexibility index (Phi) is 3.23. The van der Waals surface area contributed by atoms with Gasteiger partial charge in [-0.2, -0.15) is 8.42 Å². The first-order valence-electron chi connectivity index (χ1n) is 3.33. The summed E-state index contributed by atoms with van der Waals surface area (Å²) in [6.07, 6.45) is 0.826. The van der Waals surface area contributed by atoms with Crippen LogP contribution in [0.3, 0.4) is 0 Å². The van der Waals surface area contributed by atoms with Gasteiger partial charge in [0.1, 0.15) is 5.60 Å². The number of carboxylic acid groups (broad SMARTS) is 1. The van der Waals surface area contributed by atoms with E-state index in [1.807, 2.05) is 0 Å². The van der Waals surface area contributed by atoms with E-state index in [0.29, 0.717) is 0 Å². The molecule has 0 aromatic rings. The molecule has 0 aromatic heterocycles. The largest absolute Gasteiger partial charge is 0.547 e. The third-order valence-corrected chi connectivity index (χ3v) is 2.11. The molecular weight excluding hydrogens is 184 g/mol. The molecule has 6 heteroatoms. The molecule has 5 nitrogen and oxygen atoms in total. The zero-order valence-electron chi connectivity index (χ0n) is 7.16. The molecule has 0 N–H and O–H groups in total. The maximum Gasteiger partial charge on any atom is 0.265 e. The monoisotopic (exact) mass is 195 g/mol. The SMILES string of the molecule is CCC(C)(OS(C)(=O)=O)C(=O)[O-]. The van der Waals surface area contributed by atoms with Crippen molar-refractivity contribution in [3.8, 4) is 0 Å². The molecule has 0 saturated heterocycles. The fraction of sp³-hybridized carbons (Fsp3) is 0.833. The second-order valence-corrected chi connectivity index (χ2v) is 4.23. The van der Waals surface area contributed by atoms with Crippen LogP contribution in [0.2, 0.25) is 0 Å². The molecule has 0 aromatic carbocycles. The Labute approximate surface area is 71.5 Å². The van der Waals surface area contributed by atoms with Gasteiger partial charge in [-0.3, -0.25) is 4.18 Å². The summed E-state index contributed by atoms with van der Waals surface area (Å²) >= 11 is 0. The second kappa shape index (κ2) is 3.40. The Morgan fingerprint density at radius 3 is 2.08 bits per heavy atom. The van der Waals surface area contributed by atoms with E-state index in [-0.39, 0.29) is 6.42 Å². The maximum atomic E-state index is 10.6. The van der Waals surface area contributed by atoms with E-state index in [0.717, 1.165) is 13.2 Å². The van der Waals surface area contributed by atoms with Gasteiger partial charge in [-0.25, -0.2) is 0 Å². The normalized spacial score (nSPS) is 16.9. The minimum absolute atomic E-state index is 0.0302. The molecule has 72 valence electrons. The molecule has 0 aliphatic rings. The van der Waals surface area contributed by atoms with Gasteiger partial charge in [-0.1, -0.05) is 6.92 Å². The molecular formula is C6H11O5S-. The summed E-state index contributed by atoms with van der Waals surface area (Å²) in [6, 6.07) is 0. The van der Waals surface area contributed by atoms with Crippen molar-refractivity contribution in [1.82, 2.24) is 0 Å². The quantitative estimate of drug-likeness (QED) is 0.530.